The number of nitrogens with zero attached hydrogens (tertiary/aromatic N) is 3. The number of nitrogens with one attached hydrogen (secondary N) is 1. The first kappa shape index (κ1) is 27.9. The number of benzene rings is 1. The molecule has 1 heterocycles. The molecule has 1 aromatic heterocycles. The number of hydrogen-bond donors (Lipinski definition) is 1. The van der Waals surface area contributed by atoms with Crippen molar-refractivity contribution in [3.8, 4) is 11.8 Å². The Kier molecular flexibility index (Phi) is 8.69. The Morgan fingerprint density at radius 3 is 1.83 bits per heavy atom. The number of amides is 2. The zero-order valence-electron chi connectivity index (χ0n) is 17.0. The Hall–Kier alpha value is -3.37. The molecule has 0 saturated heterocycles. The highest BCUT2D eigenvalue weighted by molar-refractivity contribution is 8.00. The largest absolute Gasteiger partial charge is 0.468 e. The highest BCUT2D eigenvalue weighted by Gasteiger charge is 2.31. The van der Waals surface area contributed by atoms with Gasteiger partial charge in [0.25, 0.3) is 0 Å². The minimum Gasteiger partial charge on any atom is -0.468 e. The Bertz CT molecular complexity index is 992. The summed E-state index contributed by atoms with van der Waals surface area (Å²) in [6, 6.07) is 3.83. The number of alkyl halides is 9. The van der Waals surface area contributed by atoms with Gasteiger partial charge in [-0.05, 0) is 36.0 Å². The number of carbonyl (C=O) groups excluding carboxylic acids is 1. The molecule has 1 N–H and O–H groups in total. The molecule has 192 valence electrons. The maximum atomic E-state index is 12.6. The first-order valence-corrected chi connectivity index (χ1v) is 9.73. The fourth-order valence-electron chi connectivity index (χ4n) is 2.19. The van der Waals surface area contributed by atoms with Gasteiger partial charge in [-0.2, -0.15) is 49.5 Å². The smallest absolute Gasteiger partial charge is 0.446 e. The first-order valence-electron chi connectivity index (χ1n) is 8.91. The summed E-state index contributed by atoms with van der Waals surface area (Å²) in [6.07, 6.45) is -8.68. The fraction of sp³-hybridized carbons (Fsp3) is 0.278. The normalized spacial score (nSPS) is 12.1. The van der Waals surface area contributed by atoms with Gasteiger partial charge in [0, 0.05) is 11.1 Å². The third-order valence-electron chi connectivity index (χ3n) is 3.42. The molecule has 0 aliphatic rings. The maximum absolute atomic E-state index is 12.6. The van der Waals surface area contributed by atoms with E-state index in [1.54, 1.807) is 0 Å². The minimum absolute atomic E-state index is 0.0158. The molecular formula is C18H13F9N4O3S. The summed E-state index contributed by atoms with van der Waals surface area (Å²) in [5.74, 6) is -2.50. The van der Waals surface area contributed by atoms with Gasteiger partial charge in [-0.25, -0.2) is 4.79 Å². The molecule has 2 aromatic rings. The number of halogens is 9. The molecule has 35 heavy (non-hydrogen) atoms. The third kappa shape index (κ3) is 10.2. The van der Waals surface area contributed by atoms with Gasteiger partial charge in [0.15, 0.2) is 13.2 Å². The van der Waals surface area contributed by atoms with E-state index in [1.165, 1.54) is 0 Å². The second-order valence-electron chi connectivity index (χ2n) is 6.20. The molecule has 2 rings (SSSR count). The quantitative estimate of drug-likeness (QED) is 0.322. The van der Waals surface area contributed by atoms with E-state index in [0.29, 0.717) is 6.07 Å². The van der Waals surface area contributed by atoms with E-state index < -0.39 is 66.6 Å². The van der Waals surface area contributed by atoms with Gasteiger partial charge < -0.3 is 9.47 Å². The molecule has 0 bridgehead atoms. The van der Waals surface area contributed by atoms with Crippen molar-refractivity contribution in [2.45, 2.75) is 22.8 Å². The number of aromatic nitrogens is 2. The zero-order valence-corrected chi connectivity index (χ0v) is 17.8. The van der Waals surface area contributed by atoms with Crippen LogP contribution >= 0.6 is 11.8 Å². The van der Waals surface area contributed by atoms with Crippen LogP contribution < -0.4 is 19.7 Å². The average Bonchev–Trinajstić information content (AvgIpc) is 2.70. The van der Waals surface area contributed by atoms with Crippen LogP contribution in [0, 0.1) is 0 Å². The topological polar surface area (TPSA) is 76.6 Å². The van der Waals surface area contributed by atoms with Gasteiger partial charge in [-0.3, -0.25) is 10.2 Å². The summed E-state index contributed by atoms with van der Waals surface area (Å²) in [4.78, 5) is 20.1. The molecule has 0 radical (unpaired) electrons. The summed E-state index contributed by atoms with van der Waals surface area (Å²) >= 11 is -0.397. The zero-order chi connectivity index (χ0) is 26.4. The van der Waals surface area contributed by atoms with E-state index in [0.717, 1.165) is 35.4 Å². The minimum atomic E-state index is -4.81. The van der Waals surface area contributed by atoms with E-state index in [2.05, 4.69) is 26.0 Å². The van der Waals surface area contributed by atoms with E-state index >= 15 is 0 Å². The molecule has 0 unspecified atom stereocenters. The molecule has 0 spiro atoms. The van der Waals surface area contributed by atoms with Crippen LogP contribution in [0.4, 0.5) is 55.9 Å². The van der Waals surface area contributed by atoms with Gasteiger partial charge in [0.2, 0.25) is 17.7 Å². The van der Waals surface area contributed by atoms with Crippen LogP contribution in [0.25, 0.3) is 0 Å². The van der Waals surface area contributed by atoms with Gasteiger partial charge in [0.05, 0.1) is 11.8 Å². The summed E-state index contributed by atoms with van der Waals surface area (Å²) < 4.78 is 121. The Balaban J connectivity index is 2.24. The number of urea groups is 1. The van der Waals surface area contributed by atoms with Crippen molar-refractivity contribution in [1.82, 2.24) is 9.97 Å². The number of anilines is 2. The molecule has 0 saturated carbocycles. The standard InChI is InChI=1S/C18H13F9N4O3S/c1-2-31(10-3-5-11(6-4-10)35-18(25,26)27)15(32)30-14-28-12(33-8-16(19,20)21)7-13(29-14)34-9-17(22,23)24/h2-7H,1,8-9H2,(H,28,29,30,32). The number of thioether (sulfide) groups is 1. The van der Waals surface area contributed by atoms with Crippen molar-refractivity contribution in [3.05, 3.63) is 43.1 Å². The number of carbonyl (C=O) groups is 1. The SMILES string of the molecule is C=CN(C(=O)Nc1nc(OCC(F)(F)F)cc(OCC(F)(F)F)n1)c1ccc(SC(F)(F)F)cc1. The van der Waals surface area contributed by atoms with Crippen LogP contribution in [0.15, 0.2) is 48.0 Å². The van der Waals surface area contributed by atoms with Crippen LogP contribution in [0.5, 0.6) is 11.8 Å². The highest BCUT2D eigenvalue weighted by atomic mass is 32.2. The van der Waals surface area contributed by atoms with Gasteiger partial charge in [-0.15, -0.1) is 0 Å². The Morgan fingerprint density at radius 1 is 0.943 bits per heavy atom. The molecular weight excluding hydrogens is 523 g/mol. The van der Waals surface area contributed by atoms with Crippen LogP contribution in [0.2, 0.25) is 0 Å². The second-order valence-corrected chi connectivity index (χ2v) is 7.34. The van der Waals surface area contributed by atoms with Crippen molar-refractivity contribution in [2.24, 2.45) is 0 Å². The maximum Gasteiger partial charge on any atom is 0.446 e. The predicted octanol–water partition coefficient (Wildman–Crippen LogP) is 6.15. The summed E-state index contributed by atoms with van der Waals surface area (Å²) in [5, 5.41) is 2.01. The van der Waals surface area contributed by atoms with Crippen LogP contribution in [-0.4, -0.2) is 47.1 Å². The molecule has 7 nitrogen and oxygen atoms in total. The van der Waals surface area contributed by atoms with E-state index in [-0.39, 0.29) is 10.6 Å². The Labute approximate surface area is 194 Å². The predicted molar refractivity (Wildman–Crippen MR) is 105 cm³/mol. The lowest BCUT2D eigenvalue weighted by atomic mass is 10.3. The highest BCUT2D eigenvalue weighted by Crippen LogP contribution is 2.37. The van der Waals surface area contributed by atoms with Crippen molar-refractivity contribution in [1.29, 1.82) is 0 Å². The molecule has 17 heteroatoms. The molecule has 0 aliphatic heterocycles. The fourth-order valence-corrected chi connectivity index (χ4v) is 2.73. The second kappa shape index (κ2) is 10.9. The van der Waals surface area contributed by atoms with E-state index in [9.17, 15) is 44.3 Å². The van der Waals surface area contributed by atoms with Crippen molar-refractivity contribution >= 4 is 29.4 Å². The lowest BCUT2D eigenvalue weighted by Gasteiger charge is -2.19. The van der Waals surface area contributed by atoms with Crippen LogP contribution in [0.3, 0.4) is 0 Å². The molecule has 1 aromatic carbocycles. The number of hydrogen-bond acceptors (Lipinski definition) is 6. The van der Waals surface area contributed by atoms with Gasteiger partial charge >= 0.3 is 23.9 Å². The summed E-state index contributed by atoms with van der Waals surface area (Å²) in [5.41, 5.74) is -4.53. The molecule has 2 amide bonds. The van der Waals surface area contributed by atoms with Gasteiger partial charge in [0.1, 0.15) is 0 Å². The average molecular weight is 536 g/mol. The monoisotopic (exact) mass is 536 g/mol. The first-order chi connectivity index (χ1) is 16.0. The van der Waals surface area contributed by atoms with Crippen LogP contribution in [-0.2, 0) is 0 Å². The number of rotatable bonds is 8. The number of ether oxygens (including phenoxy) is 2. The van der Waals surface area contributed by atoms with Crippen molar-refractivity contribution in [3.63, 3.8) is 0 Å². The lowest BCUT2D eigenvalue weighted by molar-refractivity contribution is -0.154. The molecule has 0 fully saturated rings. The summed E-state index contributed by atoms with van der Waals surface area (Å²) in [6.45, 7) is -0.330. The van der Waals surface area contributed by atoms with Gasteiger partial charge in [-0.1, -0.05) is 6.58 Å². The van der Waals surface area contributed by atoms with Crippen molar-refractivity contribution < 1.29 is 53.8 Å². The van der Waals surface area contributed by atoms with E-state index in [4.69, 9.17) is 0 Å². The molecule has 0 atom stereocenters. The van der Waals surface area contributed by atoms with Crippen molar-refractivity contribution in [2.75, 3.05) is 23.4 Å². The van der Waals surface area contributed by atoms with E-state index in [1.807, 2.05) is 5.32 Å². The van der Waals surface area contributed by atoms with Crippen LogP contribution in [0.1, 0.15) is 0 Å². The lowest BCUT2D eigenvalue weighted by Crippen LogP contribution is -2.31. The molecule has 0 aliphatic carbocycles. The third-order valence-corrected chi connectivity index (χ3v) is 4.15. The summed E-state index contributed by atoms with van der Waals surface area (Å²) in [7, 11) is 0. The Morgan fingerprint density at radius 2 is 1.43 bits per heavy atom.